The van der Waals surface area contributed by atoms with Crippen molar-refractivity contribution in [3.63, 3.8) is 0 Å². The highest BCUT2D eigenvalue weighted by atomic mass is 79.9. The molecule has 4 atom stereocenters. The molecule has 0 saturated carbocycles. The zero-order chi connectivity index (χ0) is 22.2. The van der Waals surface area contributed by atoms with Crippen molar-refractivity contribution in [3.05, 3.63) is 10.2 Å². The zero-order valence-electron chi connectivity index (χ0n) is 19.9. The van der Waals surface area contributed by atoms with Crippen molar-refractivity contribution < 1.29 is 23.7 Å². The second-order valence-electron chi connectivity index (χ2n) is 8.01. The number of ether oxygens (including phenoxy) is 5. The number of allylic oxidation sites excluding steroid dienone is 1. The molecule has 5 nitrogen and oxygen atoms in total. The van der Waals surface area contributed by atoms with Crippen LogP contribution in [0.5, 0.6) is 0 Å². The molecule has 1 aliphatic heterocycles. The lowest BCUT2D eigenvalue weighted by Crippen LogP contribution is -2.57. The van der Waals surface area contributed by atoms with Gasteiger partial charge in [-0.1, -0.05) is 69.3 Å². The second kappa shape index (κ2) is 17.4. The fourth-order valence-corrected chi connectivity index (χ4v) is 3.64. The first-order valence-electron chi connectivity index (χ1n) is 12.1. The fraction of sp³-hybridized carbons (Fsp3) is 0.917. The summed E-state index contributed by atoms with van der Waals surface area (Å²) in [6, 6.07) is 0. The average molecular weight is 494 g/mol. The molecule has 1 aliphatic rings. The van der Waals surface area contributed by atoms with Gasteiger partial charge in [-0.2, -0.15) is 0 Å². The summed E-state index contributed by atoms with van der Waals surface area (Å²) in [7, 11) is 0. The SMILES string of the molecule is CCCCOC[C@H]1OC(=C(C)Br)[C@H](OCCCC)[C@@H](OCCCC)[C@@H]1OCCCC. The van der Waals surface area contributed by atoms with Gasteiger partial charge < -0.3 is 23.7 Å². The standard InChI is InChI=1S/C24H45BrO5/c1-6-10-14-26-18-20-22(27-15-11-7-2)24(29-17-13-9-4)23(28-16-12-8-3)21(30-20)19(5)25/h20,22-24H,6-18H2,1-5H3/t20-,22-,23+,24+/m1/s1. The van der Waals surface area contributed by atoms with Crippen molar-refractivity contribution >= 4 is 15.9 Å². The summed E-state index contributed by atoms with van der Waals surface area (Å²) in [5.41, 5.74) is 0. The minimum Gasteiger partial charge on any atom is -0.486 e. The van der Waals surface area contributed by atoms with E-state index < -0.39 is 0 Å². The van der Waals surface area contributed by atoms with Crippen LogP contribution in [0.15, 0.2) is 10.2 Å². The quantitative estimate of drug-likeness (QED) is 0.220. The molecule has 6 heteroatoms. The van der Waals surface area contributed by atoms with Crippen LogP contribution in [0.1, 0.15) is 86.0 Å². The molecule has 0 amide bonds. The number of hydrogen-bond donors (Lipinski definition) is 0. The molecular weight excluding hydrogens is 448 g/mol. The number of rotatable bonds is 17. The van der Waals surface area contributed by atoms with Crippen LogP contribution >= 0.6 is 15.9 Å². The molecule has 0 bridgehead atoms. The summed E-state index contributed by atoms with van der Waals surface area (Å²) < 4.78 is 32.4. The Kier molecular flexibility index (Phi) is 16.2. The number of unbranched alkanes of at least 4 members (excludes halogenated alkanes) is 4. The molecule has 0 aromatic heterocycles. The molecule has 0 spiro atoms. The maximum Gasteiger partial charge on any atom is 0.150 e. The van der Waals surface area contributed by atoms with Gasteiger partial charge in [0.25, 0.3) is 0 Å². The van der Waals surface area contributed by atoms with Gasteiger partial charge in [0.05, 0.1) is 6.61 Å². The Morgan fingerprint density at radius 1 is 0.767 bits per heavy atom. The second-order valence-corrected chi connectivity index (χ2v) is 9.19. The van der Waals surface area contributed by atoms with Gasteiger partial charge in [0, 0.05) is 30.9 Å². The molecule has 30 heavy (non-hydrogen) atoms. The molecule has 178 valence electrons. The Labute approximate surface area is 193 Å². The van der Waals surface area contributed by atoms with Crippen LogP contribution in [0, 0.1) is 0 Å². The van der Waals surface area contributed by atoms with Crippen molar-refractivity contribution in [2.45, 2.75) is 110 Å². The van der Waals surface area contributed by atoms with Crippen molar-refractivity contribution in [2.75, 3.05) is 33.0 Å². The van der Waals surface area contributed by atoms with Crippen LogP contribution in [0.3, 0.4) is 0 Å². The van der Waals surface area contributed by atoms with Gasteiger partial charge in [-0.15, -0.1) is 0 Å². The van der Waals surface area contributed by atoms with E-state index in [1.807, 2.05) is 6.92 Å². The molecule has 0 aromatic rings. The smallest absolute Gasteiger partial charge is 0.150 e. The van der Waals surface area contributed by atoms with E-state index in [9.17, 15) is 0 Å². The van der Waals surface area contributed by atoms with E-state index in [1.54, 1.807) is 0 Å². The highest BCUT2D eigenvalue weighted by molar-refractivity contribution is 9.11. The minimum atomic E-state index is -0.272. The van der Waals surface area contributed by atoms with Crippen LogP contribution in [0.25, 0.3) is 0 Å². The summed E-state index contributed by atoms with van der Waals surface area (Å²) in [5.74, 6) is 0.812. The Bertz CT molecular complexity index is 453. The molecule has 1 saturated heterocycles. The van der Waals surface area contributed by atoms with E-state index >= 15 is 0 Å². The topological polar surface area (TPSA) is 46.2 Å². The van der Waals surface area contributed by atoms with Gasteiger partial charge in [-0.25, -0.2) is 0 Å². The summed E-state index contributed by atoms with van der Waals surface area (Å²) >= 11 is 3.64. The van der Waals surface area contributed by atoms with Crippen LogP contribution < -0.4 is 0 Å². The monoisotopic (exact) mass is 492 g/mol. The zero-order valence-corrected chi connectivity index (χ0v) is 21.5. The van der Waals surface area contributed by atoms with Crippen LogP contribution in [-0.4, -0.2) is 57.5 Å². The Balaban J connectivity index is 3.07. The third kappa shape index (κ3) is 9.99. The van der Waals surface area contributed by atoms with Crippen molar-refractivity contribution in [3.8, 4) is 0 Å². The summed E-state index contributed by atoms with van der Waals surface area (Å²) in [6.45, 7) is 14.0. The molecule has 0 radical (unpaired) electrons. The molecule has 0 aliphatic carbocycles. The Hall–Kier alpha value is -0.140. The lowest BCUT2D eigenvalue weighted by molar-refractivity contribution is -0.215. The highest BCUT2D eigenvalue weighted by Crippen LogP contribution is 2.34. The molecule has 0 N–H and O–H groups in total. The maximum atomic E-state index is 6.43. The summed E-state index contributed by atoms with van der Waals surface area (Å²) in [6.07, 6.45) is 7.59. The first-order chi connectivity index (χ1) is 14.6. The summed E-state index contributed by atoms with van der Waals surface area (Å²) in [5, 5.41) is 0. The van der Waals surface area contributed by atoms with Gasteiger partial charge in [-0.05, 0) is 32.6 Å². The number of halogens is 1. The van der Waals surface area contributed by atoms with Crippen molar-refractivity contribution in [2.24, 2.45) is 0 Å². The van der Waals surface area contributed by atoms with Crippen LogP contribution in [0.2, 0.25) is 0 Å². The molecule has 1 rings (SSSR count). The van der Waals surface area contributed by atoms with Gasteiger partial charge in [0.1, 0.15) is 24.1 Å². The predicted octanol–water partition coefficient (Wildman–Crippen LogP) is 6.38. The number of hydrogen-bond acceptors (Lipinski definition) is 5. The normalized spacial score (nSPS) is 25.9. The van der Waals surface area contributed by atoms with E-state index in [2.05, 4.69) is 43.6 Å². The van der Waals surface area contributed by atoms with E-state index in [0.717, 1.165) is 68.2 Å². The predicted molar refractivity (Wildman–Crippen MR) is 126 cm³/mol. The van der Waals surface area contributed by atoms with Gasteiger partial charge in [0.15, 0.2) is 6.10 Å². The van der Waals surface area contributed by atoms with Gasteiger partial charge in [-0.3, -0.25) is 0 Å². The van der Waals surface area contributed by atoms with Gasteiger partial charge in [0.2, 0.25) is 0 Å². The lowest BCUT2D eigenvalue weighted by Gasteiger charge is -2.44. The van der Waals surface area contributed by atoms with E-state index in [4.69, 9.17) is 23.7 Å². The largest absolute Gasteiger partial charge is 0.486 e. The third-order valence-corrected chi connectivity index (χ3v) is 5.59. The van der Waals surface area contributed by atoms with Crippen LogP contribution in [-0.2, 0) is 23.7 Å². The van der Waals surface area contributed by atoms with E-state index in [-0.39, 0.29) is 24.4 Å². The van der Waals surface area contributed by atoms with Crippen LogP contribution in [0.4, 0.5) is 0 Å². The van der Waals surface area contributed by atoms with Crippen molar-refractivity contribution in [1.29, 1.82) is 0 Å². The fourth-order valence-electron chi connectivity index (χ4n) is 3.32. The maximum absolute atomic E-state index is 6.43. The minimum absolute atomic E-state index is 0.207. The lowest BCUT2D eigenvalue weighted by atomic mass is 9.96. The summed E-state index contributed by atoms with van der Waals surface area (Å²) in [4.78, 5) is 0. The average Bonchev–Trinajstić information content (AvgIpc) is 2.73. The molecule has 0 aromatic carbocycles. The third-order valence-electron chi connectivity index (χ3n) is 5.20. The first-order valence-corrected chi connectivity index (χ1v) is 12.8. The Morgan fingerprint density at radius 3 is 1.80 bits per heavy atom. The first kappa shape index (κ1) is 27.9. The highest BCUT2D eigenvalue weighted by Gasteiger charge is 2.46. The van der Waals surface area contributed by atoms with E-state index in [0.29, 0.717) is 26.4 Å². The molecular formula is C24H45BrO5. The molecule has 1 heterocycles. The molecule has 0 unspecified atom stereocenters. The Morgan fingerprint density at radius 2 is 1.27 bits per heavy atom. The molecule has 1 fully saturated rings. The van der Waals surface area contributed by atoms with Crippen molar-refractivity contribution in [1.82, 2.24) is 0 Å². The van der Waals surface area contributed by atoms with Gasteiger partial charge >= 0.3 is 0 Å². The van der Waals surface area contributed by atoms with E-state index in [1.165, 1.54) is 0 Å².